The predicted molar refractivity (Wildman–Crippen MR) is 165 cm³/mol. The number of anilines is 1. The minimum atomic E-state index is -1.32. The summed E-state index contributed by atoms with van der Waals surface area (Å²) in [6.07, 6.45) is 0.619. The van der Waals surface area contributed by atoms with Crippen LogP contribution in [0.15, 0.2) is 107 Å². The molecule has 1 fully saturated rings. The number of hydrogen-bond acceptors (Lipinski definition) is 10. The second kappa shape index (κ2) is 12.3. The second-order valence-corrected chi connectivity index (χ2v) is 11.2. The van der Waals surface area contributed by atoms with Crippen molar-refractivity contribution in [2.24, 2.45) is 5.16 Å². The topological polar surface area (TPSA) is 180 Å². The first-order valence-corrected chi connectivity index (χ1v) is 14.8. The molecule has 0 spiro atoms. The third-order valence-electron chi connectivity index (χ3n) is 7.90. The van der Waals surface area contributed by atoms with Gasteiger partial charge < -0.3 is 26.1 Å². The van der Waals surface area contributed by atoms with E-state index in [2.05, 4.69) is 19.8 Å². The van der Waals surface area contributed by atoms with Crippen LogP contribution in [-0.2, 0) is 24.8 Å². The molecule has 3 heterocycles. The molecule has 0 radical (unpaired) electrons. The van der Waals surface area contributed by atoms with Gasteiger partial charge in [-0.25, -0.2) is 4.79 Å². The monoisotopic (exact) mass is 624 g/mol. The number of nitrogens with zero attached hydrogens (tertiary/aromatic N) is 4. The van der Waals surface area contributed by atoms with E-state index in [0.717, 1.165) is 33.1 Å². The molecular formula is C32H28N6O6S. The summed E-state index contributed by atoms with van der Waals surface area (Å²) < 4.78 is 4.19. The molecule has 12 nitrogen and oxygen atoms in total. The Balaban J connectivity index is 1.40. The highest BCUT2D eigenvalue weighted by molar-refractivity contribution is 7.09. The molecular weight excluding hydrogens is 596 g/mol. The number of nitrogen functional groups attached to an aromatic ring is 1. The average molecular weight is 625 g/mol. The maximum atomic E-state index is 13.9. The van der Waals surface area contributed by atoms with Gasteiger partial charge in [-0.05, 0) is 18.4 Å². The van der Waals surface area contributed by atoms with Gasteiger partial charge in [-0.2, -0.15) is 9.36 Å². The van der Waals surface area contributed by atoms with Crippen LogP contribution in [0.5, 0.6) is 0 Å². The Labute approximate surface area is 261 Å². The van der Waals surface area contributed by atoms with E-state index in [1.54, 1.807) is 0 Å². The van der Waals surface area contributed by atoms with E-state index in [-0.39, 0.29) is 34.4 Å². The number of carbonyl (C=O) groups is 3. The summed E-state index contributed by atoms with van der Waals surface area (Å²) in [7, 11) is 0. The van der Waals surface area contributed by atoms with Crippen LogP contribution >= 0.6 is 11.5 Å². The van der Waals surface area contributed by atoms with Crippen molar-refractivity contribution in [3.05, 3.63) is 125 Å². The number of aromatic nitrogens is 2. The first-order chi connectivity index (χ1) is 21.8. The molecule has 0 bridgehead atoms. The van der Waals surface area contributed by atoms with Crippen LogP contribution in [0.2, 0.25) is 0 Å². The van der Waals surface area contributed by atoms with Crippen LogP contribution in [0.4, 0.5) is 5.13 Å². The highest BCUT2D eigenvalue weighted by Gasteiger charge is 2.53. The Kier molecular flexibility index (Phi) is 8.11. The Bertz CT molecular complexity index is 1700. The molecule has 2 aliphatic heterocycles. The third kappa shape index (κ3) is 5.32. The quantitative estimate of drug-likeness (QED) is 0.0893. The molecule has 0 aliphatic carbocycles. The first kappa shape index (κ1) is 29.7. The number of amides is 2. The fourth-order valence-corrected chi connectivity index (χ4v) is 6.24. The summed E-state index contributed by atoms with van der Waals surface area (Å²) in [6, 6.07) is 26.6. The van der Waals surface area contributed by atoms with Gasteiger partial charge in [0.25, 0.3) is 11.8 Å². The number of benzene rings is 3. The van der Waals surface area contributed by atoms with Crippen LogP contribution in [0.1, 0.15) is 35.4 Å². The molecule has 1 saturated heterocycles. The van der Waals surface area contributed by atoms with E-state index < -0.39 is 42.1 Å². The van der Waals surface area contributed by atoms with Gasteiger partial charge in [0.2, 0.25) is 17.1 Å². The Morgan fingerprint density at radius 3 is 2.02 bits per heavy atom. The number of hydrogen-bond donors (Lipinski definition) is 4. The normalized spacial score (nSPS) is 18.2. The van der Waals surface area contributed by atoms with Crippen LogP contribution in [0, 0.1) is 0 Å². The van der Waals surface area contributed by atoms with Crippen molar-refractivity contribution in [2.45, 2.75) is 30.5 Å². The predicted octanol–water partition coefficient (Wildman–Crippen LogP) is 2.65. The fraction of sp³-hybridized carbons (Fsp3) is 0.188. The lowest BCUT2D eigenvalue weighted by Gasteiger charge is -2.50. The number of fused-ring (bicyclic) bond motifs is 1. The number of nitrogens with one attached hydrogen (secondary N) is 1. The third-order valence-corrected chi connectivity index (χ3v) is 8.44. The lowest BCUT2D eigenvalue weighted by Crippen LogP contribution is -2.72. The smallest absolute Gasteiger partial charge is 0.352 e. The zero-order chi connectivity index (χ0) is 31.6. The molecule has 1 unspecified atom stereocenters. The molecule has 6 rings (SSSR count). The van der Waals surface area contributed by atoms with Gasteiger partial charge in [-0.15, -0.1) is 0 Å². The number of carboxylic acids is 1. The summed E-state index contributed by atoms with van der Waals surface area (Å²) in [4.78, 5) is 50.7. The molecule has 2 amide bonds. The number of β-lactam (4-membered cyclic amide) rings is 1. The van der Waals surface area contributed by atoms with Crippen LogP contribution in [0.25, 0.3) is 0 Å². The lowest BCUT2D eigenvalue weighted by molar-refractivity contribution is -0.155. The molecule has 45 heavy (non-hydrogen) atoms. The SMILES string of the molecule is Nc1nc(/C(=N\OC(c2ccccc2)(c2ccccc2)c2ccccc2)C(=O)N[C@@H]2C(=O)N3C(C(=O)O)=C(CO)CCC23)ns1. The van der Waals surface area contributed by atoms with Crippen LogP contribution in [0.3, 0.4) is 0 Å². The zero-order valence-electron chi connectivity index (χ0n) is 23.7. The van der Waals surface area contributed by atoms with Crippen molar-refractivity contribution in [3.8, 4) is 0 Å². The lowest BCUT2D eigenvalue weighted by atomic mass is 9.80. The van der Waals surface area contributed by atoms with Gasteiger partial charge in [-0.3, -0.25) is 14.5 Å². The van der Waals surface area contributed by atoms with Crippen molar-refractivity contribution < 1.29 is 29.4 Å². The van der Waals surface area contributed by atoms with Gasteiger partial charge in [-0.1, -0.05) is 96.2 Å². The number of aliphatic carboxylic acids is 1. The van der Waals surface area contributed by atoms with Crippen molar-refractivity contribution in [3.63, 3.8) is 0 Å². The van der Waals surface area contributed by atoms with E-state index in [4.69, 9.17) is 10.6 Å². The largest absolute Gasteiger partial charge is 0.477 e. The Morgan fingerprint density at radius 1 is 1.00 bits per heavy atom. The molecule has 0 saturated carbocycles. The number of nitrogens with two attached hydrogens (primary N) is 1. The van der Waals surface area contributed by atoms with E-state index in [1.807, 2.05) is 91.0 Å². The molecule has 228 valence electrons. The number of rotatable bonds is 10. The van der Waals surface area contributed by atoms with Gasteiger partial charge in [0, 0.05) is 28.2 Å². The molecule has 5 N–H and O–H groups in total. The standard InChI is InChI=1S/C32H28N6O6S/c33-31-35-27(37-45-31)25(28(40)34-24-23-17-16-19(18-39)26(30(42)43)38(23)29(24)41)36-44-32(20-10-4-1-5-11-20,21-12-6-2-7-13-21)22-14-8-3-9-15-22/h1-15,23-24,39H,16-18H2,(H,34,40)(H,42,43)(H2,33,35,37)/b36-25+/t23?,24-/m0/s1. The minimum Gasteiger partial charge on any atom is -0.477 e. The molecule has 2 atom stereocenters. The highest BCUT2D eigenvalue weighted by atomic mass is 32.1. The van der Waals surface area contributed by atoms with E-state index in [9.17, 15) is 24.6 Å². The fourth-order valence-electron chi connectivity index (χ4n) is 5.81. The minimum absolute atomic E-state index is 0.0943. The average Bonchev–Trinajstić information content (AvgIpc) is 3.51. The summed E-state index contributed by atoms with van der Waals surface area (Å²) in [5.74, 6) is -2.84. The Morgan fingerprint density at radius 2 is 1.56 bits per heavy atom. The second-order valence-electron chi connectivity index (χ2n) is 10.4. The Hall–Kier alpha value is -5.40. The van der Waals surface area contributed by atoms with E-state index >= 15 is 0 Å². The summed E-state index contributed by atoms with van der Waals surface area (Å²) in [6.45, 7) is -0.480. The van der Waals surface area contributed by atoms with Crippen molar-refractivity contribution in [1.29, 1.82) is 0 Å². The van der Waals surface area contributed by atoms with Crippen LogP contribution in [-0.4, -0.2) is 66.7 Å². The highest BCUT2D eigenvalue weighted by Crippen LogP contribution is 2.41. The first-order valence-electron chi connectivity index (χ1n) is 14.1. The zero-order valence-corrected chi connectivity index (χ0v) is 24.6. The number of oxime groups is 1. The number of aliphatic hydroxyl groups is 1. The van der Waals surface area contributed by atoms with E-state index in [1.165, 1.54) is 0 Å². The molecule has 3 aromatic carbocycles. The van der Waals surface area contributed by atoms with Gasteiger partial charge in [0.15, 0.2) is 5.13 Å². The number of aliphatic hydroxyl groups excluding tert-OH is 1. The number of carboxylic acid groups (broad SMARTS) is 1. The van der Waals surface area contributed by atoms with Gasteiger partial charge in [0.1, 0.15) is 11.7 Å². The van der Waals surface area contributed by atoms with E-state index in [0.29, 0.717) is 6.42 Å². The maximum Gasteiger partial charge on any atom is 0.352 e. The van der Waals surface area contributed by atoms with Crippen LogP contribution < -0.4 is 11.1 Å². The van der Waals surface area contributed by atoms with Crippen molar-refractivity contribution in [2.75, 3.05) is 12.3 Å². The molecule has 4 aromatic rings. The summed E-state index contributed by atoms with van der Waals surface area (Å²) >= 11 is 0.866. The molecule has 1 aromatic heterocycles. The summed E-state index contributed by atoms with van der Waals surface area (Å²) in [5.41, 5.74) is 6.43. The van der Waals surface area contributed by atoms with Crippen molar-refractivity contribution in [1.82, 2.24) is 19.6 Å². The maximum absolute atomic E-state index is 13.9. The van der Waals surface area contributed by atoms with Crippen molar-refractivity contribution >= 4 is 40.2 Å². The van der Waals surface area contributed by atoms with Gasteiger partial charge >= 0.3 is 5.97 Å². The number of carbonyl (C=O) groups excluding carboxylic acids is 2. The molecule has 2 aliphatic rings. The summed E-state index contributed by atoms with van der Waals surface area (Å²) in [5, 5.41) is 26.5. The molecule has 13 heteroatoms. The van der Waals surface area contributed by atoms with Gasteiger partial charge in [0.05, 0.1) is 12.6 Å².